The van der Waals surface area contributed by atoms with Crippen LogP contribution < -0.4 is 16.2 Å². The summed E-state index contributed by atoms with van der Waals surface area (Å²) in [6, 6.07) is 3.67. The Hall–Kier alpha value is -1.69. The van der Waals surface area contributed by atoms with E-state index in [0.717, 1.165) is 12.8 Å². The van der Waals surface area contributed by atoms with E-state index >= 15 is 0 Å². The number of aromatic nitrogens is 2. The molecule has 2 aliphatic heterocycles. The van der Waals surface area contributed by atoms with Crippen molar-refractivity contribution in [2.45, 2.75) is 31.3 Å². The molecule has 17 heavy (non-hydrogen) atoms. The molecule has 3 unspecified atom stereocenters. The fourth-order valence-corrected chi connectivity index (χ4v) is 2.75. The molecule has 0 saturated carbocycles. The molecule has 0 aliphatic carbocycles. The summed E-state index contributed by atoms with van der Waals surface area (Å²) in [5.41, 5.74) is -0.274. The van der Waals surface area contributed by atoms with E-state index in [9.17, 15) is 9.59 Å². The van der Waals surface area contributed by atoms with Crippen LogP contribution >= 0.6 is 0 Å². The molecule has 2 fully saturated rings. The van der Waals surface area contributed by atoms with Crippen LogP contribution in [0.15, 0.2) is 16.9 Å². The van der Waals surface area contributed by atoms with Gasteiger partial charge in [0, 0.05) is 18.2 Å². The van der Waals surface area contributed by atoms with Gasteiger partial charge in [0.15, 0.2) is 5.82 Å². The van der Waals surface area contributed by atoms with Gasteiger partial charge >= 0.3 is 0 Å². The van der Waals surface area contributed by atoms with Crippen molar-refractivity contribution in [3.8, 4) is 0 Å². The van der Waals surface area contributed by atoms with Crippen molar-refractivity contribution in [2.24, 2.45) is 5.92 Å². The highest BCUT2D eigenvalue weighted by Crippen LogP contribution is 2.33. The summed E-state index contributed by atoms with van der Waals surface area (Å²) in [5.74, 6) is 0.420. The van der Waals surface area contributed by atoms with Crippen molar-refractivity contribution in [1.29, 1.82) is 0 Å². The van der Waals surface area contributed by atoms with Crippen molar-refractivity contribution in [2.75, 3.05) is 5.32 Å². The summed E-state index contributed by atoms with van der Waals surface area (Å²) < 4.78 is 0. The van der Waals surface area contributed by atoms with Gasteiger partial charge in [0.1, 0.15) is 0 Å². The second-order valence-electron chi connectivity index (χ2n) is 4.69. The number of anilines is 1. The minimum Gasteiger partial charge on any atom is -0.310 e. The first kappa shape index (κ1) is 10.5. The molecule has 0 radical (unpaired) electrons. The predicted octanol–water partition coefficient (Wildman–Crippen LogP) is -0.151. The second kappa shape index (κ2) is 3.96. The molecule has 2 aliphatic rings. The van der Waals surface area contributed by atoms with E-state index in [1.807, 2.05) is 0 Å². The van der Waals surface area contributed by atoms with Crippen molar-refractivity contribution in [1.82, 2.24) is 15.5 Å². The number of aromatic amines is 1. The Morgan fingerprint density at radius 1 is 1.41 bits per heavy atom. The number of nitrogens with zero attached hydrogens (tertiary/aromatic N) is 1. The first-order valence-electron chi connectivity index (χ1n) is 5.85. The molecular weight excluding hydrogens is 220 g/mol. The quantitative estimate of drug-likeness (QED) is 0.664. The highest BCUT2D eigenvalue weighted by Gasteiger charge is 2.42. The van der Waals surface area contributed by atoms with E-state index in [-0.39, 0.29) is 17.4 Å². The molecule has 1 amide bonds. The summed E-state index contributed by atoms with van der Waals surface area (Å²) in [5, 5.41) is 12.2. The average Bonchev–Trinajstić information content (AvgIpc) is 2.94. The zero-order chi connectivity index (χ0) is 11.8. The number of fused-ring (bicyclic) bond motifs is 2. The normalized spacial score (nSPS) is 30.5. The smallest absolute Gasteiger partial charge is 0.264 e. The maximum Gasteiger partial charge on any atom is 0.264 e. The minimum atomic E-state index is -0.274. The van der Waals surface area contributed by atoms with E-state index in [2.05, 4.69) is 20.8 Å². The molecule has 0 aromatic carbocycles. The number of carbonyl (C=O) groups excluding carboxylic acids is 1. The number of hydrogen-bond donors (Lipinski definition) is 3. The van der Waals surface area contributed by atoms with E-state index in [1.165, 1.54) is 18.6 Å². The standard InChI is InChI=1S/C11H14N4O2/c16-10-4-3-9(14-15-10)13-11(17)7-5-6-1-2-8(7)12-6/h3-4,6-8,12H,1-2,5H2,(H,15,16)(H,13,14,17). The first-order chi connectivity index (χ1) is 8.22. The van der Waals surface area contributed by atoms with Crippen LogP contribution in [0.2, 0.25) is 0 Å². The molecular formula is C11H14N4O2. The van der Waals surface area contributed by atoms with Crippen molar-refractivity contribution < 1.29 is 4.79 Å². The monoisotopic (exact) mass is 234 g/mol. The van der Waals surface area contributed by atoms with Crippen molar-refractivity contribution in [3.05, 3.63) is 22.5 Å². The summed E-state index contributed by atoms with van der Waals surface area (Å²) >= 11 is 0. The third kappa shape index (κ3) is 1.95. The van der Waals surface area contributed by atoms with E-state index in [0.29, 0.717) is 17.9 Å². The number of hydrogen-bond acceptors (Lipinski definition) is 4. The van der Waals surface area contributed by atoms with Gasteiger partial charge in [0.25, 0.3) is 5.56 Å². The van der Waals surface area contributed by atoms with E-state index < -0.39 is 0 Å². The Morgan fingerprint density at radius 3 is 2.88 bits per heavy atom. The Labute approximate surface area is 97.8 Å². The summed E-state index contributed by atoms with van der Waals surface area (Å²) in [4.78, 5) is 22.8. The first-order valence-corrected chi connectivity index (χ1v) is 5.85. The van der Waals surface area contributed by atoms with Gasteiger partial charge in [-0.1, -0.05) is 0 Å². The lowest BCUT2D eigenvalue weighted by Crippen LogP contribution is -2.33. The molecule has 3 N–H and O–H groups in total. The highest BCUT2D eigenvalue weighted by molar-refractivity contribution is 5.92. The fraction of sp³-hybridized carbons (Fsp3) is 0.545. The number of carbonyl (C=O) groups is 1. The molecule has 1 aromatic heterocycles. The predicted molar refractivity (Wildman–Crippen MR) is 61.5 cm³/mol. The van der Waals surface area contributed by atoms with Gasteiger partial charge in [-0.3, -0.25) is 9.59 Å². The molecule has 3 heterocycles. The Morgan fingerprint density at radius 2 is 2.29 bits per heavy atom. The van der Waals surface area contributed by atoms with Gasteiger partial charge < -0.3 is 10.6 Å². The number of H-pyrrole nitrogens is 1. The van der Waals surface area contributed by atoms with E-state index in [4.69, 9.17) is 0 Å². The number of rotatable bonds is 2. The summed E-state index contributed by atoms with van der Waals surface area (Å²) in [6.07, 6.45) is 3.15. The lowest BCUT2D eigenvalue weighted by atomic mass is 9.88. The molecule has 2 saturated heterocycles. The van der Waals surface area contributed by atoms with Crippen LogP contribution in [0.1, 0.15) is 19.3 Å². The second-order valence-corrected chi connectivity index (χ2v) is 4.69. The highest BCUT2D eigenvalue weighted by atomic mass is 16.2. The molecule has 6 heteroatoms. The molecule has 1 aromatic rings. The molecule has 3 rings (SSSR count). The molecule has 90 valence electrons. The maximum atomic E-state index is 12.0. The maximum absolute atomic E-state index is 12.0. The number of nitrogens with one attached hydrogen (secondary N) is 3. The zero-order valence-electron chi connectivity index (χ0n) is 9.27. The molecule has 0 spiro atoms. The largest absolute Gasteiger partial charge is 0.310 e. The Balaban J connectivity index is 1.67. The third-order valence-corrected chi connectivity index (χ3v) is 3.57. The fourth-order valence-electron chi connectivity index (χ4n) is 2.75. The van der Waals surface area contributed by atoms with Crippen molar-refractivity contribution in [3.63, 3.8) is 0 Å². The number of amides is 1. The van der Waals surface area contributed by atoms with Crippen LogP contribution in [-0.4, -0.2) is 28.2 Å². The lowest BCUT2D eigenvalue weighted by molar-refractivity contribution is -0.120. The van der Waals surface area contributed by atoms with Crippen LogP contribution in [-0.2, 0) is 4.79 Å². The SMILES string of the molecule is O=C(Nc1ccc(=O)[nH]n1)C1CC2CCC1N2. The van der Waals surface area contributed by atoms with Gasteiger partial charge in [-0.25, -0.2) is 5.10 Å². The Bertz CT molecular complexity index is 478. The summed E-state index contributed by atoms with van der Waals surface area (Å²) in [6.45, 7) is 0. The third-order valence-electron chi connectivity index (χ3n) is 3.57. The molecule has 2 bridgehead atoms. The lowest BCUT2D eigenvalue weighted by Gasteiger charge is -2.18. The van der Waals surface area contributed by atoms with Crippen LogP contribution in [0.5, 0.6) is 0 Å². The topological polar surface area (TPSA) is 86.9 Å². The van der Waals surface area contributed by atoms with Crippen LogP contribution in [0.3, 0.4) is 0 Å². The summed E-state index contributed by atoms with van der Waals surface area (Å²) in [7, 11) is 0. The zero-order valence-corrected chi connectivity index (χ0v) is 9.27. The van der Waals surface area contributed by atoms with E-state index in [1.54, 1.807) is 0 Å². The van der Waals surface area contributed by atoms with Gasteiger partial charge in [-0.2, -0.15) is 5.10 Å². The van der Waals surface area contributed by atoms with Gasteiger partial charge in [0.05, 0.1) is 5.92 Å². The van der Waals surface area contributed by atoms with Gasteiger partial charge in [-0.15, -0.1) is 0 Å². The van der Waals surface area contributed by atoms with Gasteiger partial charge in [0.2, 0.25) is 5.91 Å². The van der Waals surface area contributed by atoms with Crippen LogP contribution in [0.4, 0.5) is 5.82 Å². The molecule has 6 nitrogen and oxygen atoms in total. The van der Waals surface area contributed by atoms with Crippen LogP contribution in [0, 0.1) is 5.92 Å². The van der Waals surface area contributed by atoms with Gasteiger partial charge in [-0.05, 0) is 25.3 Å². The van der Waals surface area contributed by atoms with Crippen LogP contribution in [0.25, 0.3) is 0 Å². The average molecular weight is 234 g/mol. The minimum absolute atomic E-state index is 0.00995. The Kier molecular flexibility index (Phi) is 2.44. The molecule has 3 atom stereocenters. The van der Waals surface area contributed by atoms with Crippen molar-refractivity contribution >= 4 is 11.7 Å².